The van der Waals surface area contributed by atoms with E-state index in [4.69, 9.17) is 5.11 Å². The first-order valence-electron chi connectivity index (χ1n) is 18.6. The standard InChI is InChI=1S/C39H68O2/c1-29(2)16-15-17-30(3)34-22-23-35-33-21-20-32-28-31(24-26-38(32,4)36(33)25-27-39(34,35)5)18-13-11-9-7-6-8-10-12-14-19-37(40)41/h20,29-31,33-36H,6-19,21-28H2,1-5H3,(H,40,41)/t30-,31?,33?,34-,35?,36?,38+,39-/m1/s1. The van der Waals surface area contributed by atoms with Gasteiger partial charge in [-0.3, -0.25) is 4.79 Å². The van der Waals surface area contributed by atoms with Crippen LogP contribution in [0.1, 0.15) is 176 Å². The Hall–Kier alpha value is -0.790. The molecule has 0 heterocycles. The summed E-state index contributed by atoms with van der Waals surface area (Å²) in [6, 6.07) is 0. The van der Waals surface area contributed by atoms with Crippen LogP contribution in [0.15, 0.2) is 11.6 Å². The van der Waals surface area contributed by atoms with Crippen LogP contribution >= 0.6 is 0 Å². The van der Waals surface area contributed by atoms with E-state index in [1.54, 1.807) is 0 Å². The molecule has 1 N–H and O–H groups in total. The Morgan fingerprint density at radius 2 is 1.51 bits per heavy atom. The summed E-state index contributed by atoms with van der Waals surface area (Å²) < 4.78 is 0. The van der Waals surface area contributed by atoms with Crippen LogP contribution in [-0.2, 0) is 4.79 Å². The maximum Gasteiger partial charge on any atom is 0.303 e. The molecule has 0 aromatic heterocycles. The van der Waals surface area contributed by atoms with Gasteiger partial charge < -0.3 is 5.11 Å². The fourth-order valence-electron chi connectivity index (χ4n) is 11.0. The minimum absolute atomic E-state index is 0.344. The Kier molecular flexibility index (Phi) is 12.3. The van der Waals surface area contributed by atoms with Crippen LogP contribution in [0.25, 0.3) is 0 Å². The minimum atomic E-state index is -0.645. The van der Waals surface area contributed by atoms with Crippen molar-refractivity contribution in [1.29, 1.82) is 0 Å². The van der Waals surface area contributed by atoms with E-state index in [-0.39, 0.29) is 0 Å². The number of hydrogen-bond acceptors (Lipinski definition) is 1. The van der Waals surface area contributed by atoms with Crippen molar-refractivity contribution in [3.8, 4) is 0 Å². The first-order valence-corrected chi connectivity index (χ1v) is 18.6. The predicted octanol–water partition coefficient (Wildman–Crippen LogP) is 12.0. The monoisotopic (exact) mass is 569 g/mol. The summed E-state index contributed by atoms with van der Waals surface area (Å²) in [7, 11) is 0. The van der Waals surface area contributed by atoms with Crippen molar-refractivity contribution in [1.82, 2.24) is 0 Å². The molecule has 4 aliphatic carbocycles. The zero-order valence-electron chi connectivity index (χ0n) is 28.0. The summed E-state index contributed by atoms with van der Waals surface area (Å²) in [4.78, 5) is 10.6. The second kappa shape index (κ2) is 15.3. The van der Waals surface area contributed by atoms with Crippen LogP contribution < -0.4 is 0 Å². The molecule has 0 saturated heterocycles. The molecule has 0 aliphatic heterocycles. The maximum atomic E-state index is 10.6. The third kappa shape index (κ3) is 8.23. The number of carboxylic acids is 1. The number of unbranched alkanes of at least 4 members (excludes halogenated alkanes) is 8. The number of fused-ring (bicyclic) bond motifs is 5. The number of rotatable bonds is 17. The molecule has 4 aliphatic rings. The van der Waals surface area contributed by atoms with E-state index in [1.165, 1.54) is 122 Å². The van der Waals surface area contributed by atoms with Gasteiger partial charge in [-0.1, -0.05) is 123 Å². The highest BCUT2D eigenvalue weighted by atomic mass is 16.4. The van der Waals surface area contributed by atoms with Gasteiger partial charge in [0.25, 0.3) is 0 Å². The highest BCUT2D eigenvalue weighted by Gasteiger charge is 2.59. The molecule has 41 heavy (non-hydrogen) atoms. The van der Waals surface area contributed by atoms with Gasteiger partial charge in [-0.25, -0.2) is 0 Å². The van der Waals surface area contributed by atoms with Crippen molar-refractivity contribution in [2.45, 2.75) is 176 Å². The predicted molar refractivity (Wildman–Crippen MR) is 175 cm³/mol. The van der Waals surface area contributed by atoms with Crippen LogP contribution in [-0.4, -0.2) is 11.1 Å². The lowest BCUT2D eigenvalue weighted by Crippen LogP contribution is -2.50. The Balaban J connectivity index is 1.19. The Morgan fingerprint density at radius 3 is 2.20 bits per heavy atom. The van der Waals surface area contributed by atoms with Crippen molar-refractivity contribution in [2.24, 2.45) is 52.3 Å². The average Bonchev–Trinajstić information content (AvgIpc) is 3.28. The second-order valence-electron chi connectivity index (χ2n) is 16.5. The van der Waals surface area contributed by atoms with Crippen molar-refractivity contribution < 1.29 is 9.90 Å². The summed E-state index contributed by atoms with van der Waals surface area (Å²) in [5.41, 5.74) is 3.00. The molecule has 3 fully saturated rings. The fourth-order valence-corrected chi connectivity index (χ4v) is 11.0. The first-order chi connectivity index (χ1) is 19.6. The molecule has 0 aromatic carbocycles. The van der Waals surface area contributed by atoms with Crippen LogP contribution in [0.2, 0.25) is 0 Å². The molecule has 0 radical (unpaired) electrons. The van der Waals surface area contributed by atoms with Crippen LogP contribution in [0.5, 0.6) is 0 Å². The summed E-state index contributed by atoms with van der Waals surface area (Å²) in [6.07, 6.45) is 32.1. The van der Waals surface area contributed by atoms with E-state index in [1.807, 2.05) is 5.57 Å². The summed E-state index contributed by atoms with van der Waals surface area (Å²) >= 11 is 0. The quantitative estimate of drug-likeness (QED) is 0.140. The molecule has 4 rings (SSSR count). The SMILES string of the molecule is CC(C)CCC[C@@H](C)[C@H]1CCC2C3CC=C4CC(CCCCCCCCCCCC(=O)O)CC[C@]4(C)C3CC[C@@]21C. The third-order valence-corrected chi connectivity index (χ3v) is 13.4. The lowest BCUT2D eigenvalue weighted by Gasteiger charge is -2.58. The van der Waals surface area contributed by atoms with Crippen LogP contribution in [0.3, 0.4) is 0 Å². The molecule has 8 atom stereocenters. The van der Waals surface area contributed by atoms with Gasteiger partial charge in [-0.2, -0.15) is 0 Å². The Bertz CT molecular complexity index is 843. The summed E-state index contributed by atoms with van der Waals surface area (Å²) in [5.74, 6) is 5.94. The van der Waals surface area contributed by atoms with E-state index in [9.17, 15) is 4.79 Å². The fraction of sp³-hybridized carbons (Fsp3) is 0.923. The molecule has 0 spiro atoms. The molecular weight excluding hydrogens is 500 g/mol. The van der Waals surface area contributed by atoms with Gasteiger partial charge in [0, 0.05) is 6.42 Å². The minimum Gasteiger partial charge on any atom is -0.481 e. The molecule has 0 amide bonds. The van der Waals surface area contributed by atoms with Crippen molar-refractivity contribution in [3.05, 3.63) is 11.6 Å². The summed E-state index contributed by atoms with van der Waals surface area (Å²) in [6.45, 7) is 12.8. The third-order valence-electron chi connectivity index (χ3n) is 13.4. The van der Waals surface area contributed by atoms with Gasteiger partial charge in [-0.15, -0.1) is 0 Å². The van der Waals surface area contributed by atoms with Crippen LogP contribution in [0, 0.1) is 52.3 Å². The normalized spacial score (nSPS) is 35.5. The van der Waals surface area contributed by atoms with E-state index in [0.717, 1.165) is 54.3 Å². The first kappa shape index (κ1) is 33.1. The van der Waals surface area contributed by atoms with Crippen molar-refractivity contribution in [2.75, 3.05) is 0 Å². The van der Waals surface area contributed by atoms with E-state index in [0.29, 0.717) is 17.3 Å². The highest BCUT2D eigenvalue weighted by molar-refractivity contribution is 5.66. The molecule has 236 valence electrons. The summed E-state index contributed by atoms with van der Waals surface area (Å²) in [5, 5.41) is 8.74. The molecule has 3 saturated carbocycles. The van der Waals surface area contributed by atoms with E-state index in [2.05, 4.69) is 40.7 Å². The molecule has 0 bridgehead atoms. The maximum absolute atomic E-state index is 10.6. The zero-order chi connectivity index (χ0) is 29.5. The average molecular weight is 569 g/mol. The second-order valence-corrected chi connectivity index (χ2v) is 16.5. The van der Waals surface area contributed by atoms with E-state index >= 15 is 0 Å². The number of hydrogen-bond donors (Lipinski definition) is 1. The van der Waals surface area contributed by atoms with Gasteiger partial charge in [0.05, 0.1) is 0 Å². The zero-order valence-corrected chi connectivity index (χ0v) is 28.0. The van der Waals surface area contributed by atoms with Crippen molar-refractivity contribution >= 4 is 5.97 Å². The Morgan fingerprint density at radius 1 is 0.829 bits per heavy atom. The highest BCUT2D eigenvalue weighted by Crippen LogP contribution is 2.67. The number of allylic oxidation sites excluding steroid dienone is 2. The molecule has 2 nitrogen and oxygen atoms in total. The van der Waals surface area contributed by atoms with Gasteiger partial charge >= 0.3 is 5.97 Å². The molecular formula is C39H68O2. The van der Waals surface area contributed by atoms with Crippen LogP contribution in [0.4, 0.5) is 0 Å². The lowest BCUT2D eigenvalue weighted by molar-refractivity contribution is -0.137. The number of aliphatic carboxylic acids is 1. The topological polar surface area (TPSA) is 37.3 Å². The van der Waals surface area contributed by atoms with Gasteiger partial charge in [-0.05, 0) is 110 Å². The van der Waals surface area contributed by atoms with E-state index < -0.39 is 5.97 Å². The largest absolute Gasteiger partial charge is 0.481 e. The van der Waals surface area contributed by atoms with Gasteiger partial charge in [0.15, 0.2) is 0 Å². The number of carboxylic acid groups (broad SMARTS) is 1. The molecule has 0 aromatic rings. The molecule has 2 heteroatoms. The van der Waals surface area contributed by atoms with Gasteiger partial charge in [0.1, 0.15) is 0 Å². The Labute approximate surface area is 255 Å². The van der Waals surface area contributed by atoms with Crippen molar-refractivity contribution in [3.63, 3.8) is 0 Å². The smallest absolute Gasteiger partial charge is 0.303 e. The lowest BCUT2D eigenvalue weighted by atomic mass is 9.46. The van der Waals surface area contributed by atoms with Gasteiger partial charge in [0.2, 0.25) is 0 Å². The molecule has 4 unspecified atom stereocenters. The number of carbonyl (C=O) groups is 1.